The summed E-state index contributed by atoms with van der Waals surface area (Å²) >= 11 is 0. The lowest BCUT2D eigenvalue weighted by molar-refractivity contribution is 0.437. The molecule has 6 N–H and O–H groups in total. The maximum absolute atomic E-state index is 12.5. The van der Waals surface area contributed by atoms with Crippen LogP contribution in [0.4, 0.5) is 0 Å². The van der Waals surface area contributed by atoms with Crippen LogP contribution >= 0.6 is 0 Å². The molecule has 2 aromatic carbocycles. The van der Waals surface area contributed by atoms with Crippen molar-refractivity contribution in [1.82, 2.24) is 0 Å². The van der Waals surface area contributed by atoms with Crippen molar-refractivity contribution >= 4 is 32.4 Å². The zero-order chi connectivity index (χ0) is 23.6. The van der Waals surface area contributed by atoms with Crippen LogP contribution in [0.3, 0.4) is 0 Å². The molecule has 168 valence electrons. The third kappa shape index (κ3) is 4.68. The van der Waals surface area contributed by atoms with Crippen molar-refractivity contribution < 1.29 is 25.9 Å². The Labute approximate surface area is 186 Å². The first-order valence-corrected chi connectivity index (χ1v) is 12.3. The molecular formula is C22H22N2O6S2. The molecule has 2 unspecified atom stereocenters. The molecule has 32 heavy (non-hydrogen) atoms. The van der Waals surface area contributed by atoms with Crippen molar-refractivity contribution in [2.24, 2.45) is 11.5 Å². The minimum Gasteiger partial charge on any atom is -0.400 e. The topological polar surface area (TPSA) is 161 Å². The molecule has 0 aliphatic heterocycles. The van der Waals surface area contributed by atoms with Crippen molar-refractivity contribution in [1.29, 1.82) is 0 Å². The van der Waals surface area contributed by atoms with Crippen LogP contribution in [0.15, 0.2) is 95.9 Å². The van der Waals surface area contributed by atoms with Gasteiger partial charge < -0.3 is 11.5 Å². The predicted octanol–water partition coefficient (Wildman–Crippen LogP) is 2.37. The predicted molar refractivity (Wildman–Crippen MR) is 124 cm³/mol. The van der Waals surface area contributed by atoms with Gasteiger partial charge in [0.2, 0.25) is 0 Å². The molecule has 0 saturated heterocycles. The van der Waals surface area contributed by atoms with E-state index in [0.717, 1.165) is 17.7 Å². The maximum Gasteiger partial charge on any atom is 0.281 e. The van der Waals surface area contributed by atoms with Crippen molar-refractivity contribution in [2.75, 3.05) is 0 Å². The molecule has 2 aromatic rings. The van der Waals surface area contributed by atoms with Gasteiger partial charge >= 0.3 is 0 Å². The maximum atomic E-state index is 12.5. The van der Waals surface area contributed by atoms with Crippen LogP contribution < -0.4 is 11.5 Å². The molecule has 3 rings (SSSR count). The lowest BCUT2D eigenvalue weighted by Gasteiger charge is -2.35. The van der Waals surface area contributed by atoms with Gasteiger partial charge in [-0.2, -0.15) is 16.8 Å². The lowest BCUT2D eigenvalue weighted by Crippen LogP contribution is -2.54. The van der Waals surface area contributed by atoms with Gasteiger partial charge in [0.25, 0.3) is 20.2 Å². The summed E-state index contributed by atoms with van der Waals surface area (Å²) in [5.41, 5.74) is 13.1. The van der Waals surface area contributed by atoms with Gasteiger partial charge in [-0.05, 0) is 28.9 Å². The molecule has 0 amide bonds. The van der Waals surface area contributed by atoms with E-state index >= 15 is 0 Å². The molecule has 0 saturated carbocycles. The Bertz CT molecular complexity index is 1330. The van der Waals surface area contributed by atoms with Gasteiger partial charge in [0.15, 0.2) is 4.75 Å². The summed E-state index contributed by atoms with van der Waals surface area (Å²) in [6.07, 6.45) is 5.91. The number of rotatable bonds is 6. The molecule has 0 bridgehead atoms. The number of allylic oxidation sites excluding steroid dienone is 1. The Balaban J connectivity index is 2.19. The average Bonchev–Trinajstić information content (AvgIpc) is 2.73. The molecule has 1 aliphatic carbocycles. The van der Waals surface area contributed by atoms with Crippen LogP contribution in [-0.4, -0.2) is 35.9 Å². The average molecular weight is 475 g/mol. The highest BCUT2D eigenvalue weighted by atomic mass is 32.2. The van der Waals surface area contributed by atoms with Crippen LogP contribution in [0.2, 0.25) is 0 Å². The van der Waals surface area contributed by atoms with E-state index in [2.05, 4.69) is 0 Å². The van der Waals surface area contributed by atoms with E-state index in [1.54, 1.807) is 60.7 Å². The number of nitrogens with two attached hydrogens (primary N) is 2. The summed E-state index contributed by atoms with van der Waals surface area (Å²) in [7, 11) is -10.2. The minimum absolute atomic E-state index is 0.121. The summed E-state index contributed by atoms with van der Waals surface area (Å²) in [4.78, 5) is 0. The number of hydrogen-bond acceptors (Lipinski definition) is 6. The normalized spacial score (nSPS) is 22.4. The summed E-state index contributed by atoms with van der Waals surface area (Å²) in [6, 6.07) is 17.2. The molecule has 8 nitrogen and oxygen atoms in total. The Kier molecular flexibility index (Phi) is 6.42. The number of hydrogen-bond donors (Lipinski definition) is 4. The zero-order valence-electron chi connectivity index (χ0n) is 16.7. The van der Waals surface area contributed by atoms with Crippen molar-refractivity contribution in [3.05, 3.63) is 107 Å². The second-order valence-corrected chi connectivity index (χ2v) is 10.3. The van der Waals surface area contributed by atoms with Crippen molar-refractivity contribution in [2.45, 2.75) is 10.00 Å². The van der Waals surface area contributed by atoms with E-state index in [1.807, 2.05) is 6.07 Å². The van der Waals surface area contributed by atoms with Gasteiger partial charge in [-0.1, -0.05) is 78.9 Å². The van der Waals surface area contributed by atoms with Gasteiger partial charge in [0.05, 0.1) is 0 Å². The van der Waals surface area contributed by atoms with E-state index in [9.17, 15) is 25.9 Å². The summed E-state index contributed by atoms with van der Waals surface area (Å²) < 4.78 is 66.9. The first-order valence-electron chi connectivity index (χ1n) is 9.35. The van der Waals surface area contributed by atoms with Crippen LogP contribution in [0.5, 0.6) is 0 Å². The SMILES string of the molecule is NC(=Cc1ccccc1)C1=CC(S(=O)(=O)O)C(C(N)=Cc2ccccc2)(S(=O)(=O)O)C=C1. The summed E-state index contributed by atoms with van der Waals surface area (Å²) in [5.74, 6) is 0. The first kappa shape index (κ1) is 23.5. The first-order chi connectivity index (χ1) is 14.9. The second kappa shape index (κ2) is 8.75. The Morgan fingerprint density at radius 3 is 1.81 bits per heavy atom. The molecule has 2 atom stereocenters. The third-order valence-electron chi connectivity index (χ3n) is 5.04. The van der Waals surface area contributed by atoms with Crippen LogP contribution in [0.1, 0.15) is 11.1 Å². The van der Waals surface area contributed by atoms with Crippen LogP contribution in [-0.2, 0) is 20.2 Å². The molecule has 1 aliphatic rings. The molecule has 10 heteroatoms. The largest absolute Gasteiger partial charge is 0.400 e. The summed E-state index contributed by atoms with van der Waals surface area (Å²) in [6.45, 7) is 0. The summed E-state index contributed by atoms with van der Waals surface area (Å²) in [5, 5.41) is -2.15. The Hall–Kier alpha value is -3.18. The van der Waals surface area contributed by atoms with Gasteiger partial charge in [-0.3, -0.25) is 9.11 Å². The standard InChI is InChI=1S/C22H22N2O6S2/c23-19(13-16-7-3-1-4-8-16)18-11-12-22(32(28,29)30,21(15-18)31(25,26)27)20(24)14-17-9-5-2-6-10-17/h1-15,21H,23-24H2,(H,25,26,27)(H,28,29,30). The van der Waals surface area contributed by atoms with Gasteiger partial charge in [-0.25, -0.2) is 0 Å². The van der Waals surface area contributed by atoms with E-state index in [-0.39, 0.29) is 11.3 Å². The molecule has 0 aromatic heterocycles. The highest BCUT2D eigenvalue weighted by Gasteiger charge is 2.56. The second-order valence-electron chi connectivity index (χ2n) is 7.18. The van der Waals surface area contributed by atoms with Gasteiger partial charge in [0.1, 0.15) is 5.25 Å². The molecular weight excluding hydrogens is 452 g/mol. The fourth-order valence-corrected chi connectivity index (χ4v) is 6.11. The molecule has 0 radical (unpaired) electrons. The quantitative estimate of drug-likeness (QED) is 0.464. The van der Waals surface area contributed by atoms with Gasteiger partial charge in [-0.15, -0.1) is 0 Å². The van der Waals surface area contributed by atoms with Crippen LogP contribution in [0.25, 0.3) is 12.2 Å². The van der Waals surface area contributed by atoms with Crippen molar-refractivity contribution in [3.8, 4) is 0 Å². The monoisotopic (exact) mass is 474 g/mol. The van der Waals surface area contributed by atoms with E-state index in [0.29, 0.717) is 5.56 Å². The third-order valence-corrected chi connectivity index (χ3v) is 7.82. The fraction of sp³-hybridized carbons (Fsp3) is 0.0909. The fourth-order valence-electron chi connectivity index (χ4n) is 3.45. The van der Waals surface area contributed by atoms with Gasteiger partial charge in [0, 0.05) is 11.4 Å². The van der Waals surface area contributed by atoms with Crippen molar-refractivity contribution in [3.63, 3.8) is 0 Å². The lowest BCUT2D eigenvalue weighted by atomic mass is 9.90. The highest BCUT2D eigenvalue weighted by molar-refractivity contribution is 7.91. The van der Waals surface area contributed by atoms with Crippen LogP contribution in [0, 0.1) is 0 Å². The smallest absolute Gasteiger partial charge is 0.281 e. The zero-order valence-corrected chi connectivity index (χ0v) is 18.4. The van der Waals surface area contributed by atoms with E-state index < -0.39 is 35.9 Å². The Morgan fingerprint density at radius 2 is 1.34 bits per heavy atom. The molecule has 0 fully saturated rings. The van der Waals surface area contributed by atoms with E-state index in [4.69, 9.17) is 11.5 Å². The molecule has 0 spiro atoms. The minimum atomic E-state index is -5.17. The molecule has 0 heterocycles. The highest BCUT2D eigenvalue weighted by Crippen LogP contribution is 2.39. The number of benzene rings is 2. The Morgan fingerprint density at radius 1 is 0.844 bits per heavy atom. The van der Waals surface area contributed by atoms with E-state index in [1.165, 1.54) is 12.2 Å².